The quantitative estimate of drug-likeness (QED) is 0.506. The van der Waals surface area contributed by atoms with Crippen molar-refractivity contribution in [2.24, 2.45) is 4.74 Å². The summed E-state index contributed by atoms with van der Waals surface area (Å²) in [6.07, 6.45) is 0. The Morgan fingerprint density at radius 2 is 2.11 bits per heavy atom. The Morgan fingerprint density at radius 3 is 3.00 bits per heavy atom. The average molecular weight is 152 g/mol. The van der Waals surface area contributed by atoms with Gasteiger partial charge in [-0.1, -0.05) is 18.2 Å². The van der Waals surface area contributed by atoms with Gasteiger partial charge in [0.1, 0.15) is 0 Å². The van der Waals surface area contributed by atoms with Crippen molar-refractivity contribution in [3.8, 4) is 0 Å². The van der Waals surface area contributed by atoms with E-state index in [0.717, 1.165) is 0 Å². The third-order valence-electron chi connectivity index (χ3n) is 1.19. The van der Waals surface area contributed by atoms with Crippen molar-refractivity contribution in [3.05, 3.63) is 24.3 Å². The minimum atomic E-state index is 1.17. The van der Waals surface area contributed by atoms with Crippen LogP contribution in [-0.2, 0) is 0 Å². The standard InChI is InChI=1S/C6H4NP2/c1-2-4-6-5(3-1)7-9-8-6/h1-4H. The lowest BCUT2D eigenvalue weighted by Crippen LogP contribution is -1.86. The first kappa shape index (κ1) is 5.53. The molecular formula is C6H4NP2. The number of benzene rings is 1. The third-order valence-corrected chi connectivity index (χ3v) is 3.36. The third kappa shape index (κ3) is 0.913. The van der Waals surface area contributed by atoms with Crippen LogP contribution in [0.15, 0.2) is 29.0 Å². The molecule has 1 radical (unpaired) electrons. The summed E-state index contributed by atoms with van der Waals surface area (Å²) in [5.41, 5.74) is 1.17. The van der Waals surface area contributed by atoms with Crippen molar-refractivity contribution in [2.75, 3.05) is 0 Å². The van der Waals surface area contributed by atoms with E-state index in [-0.39, 0.29) is 0 Å². The van der Waals surface area contributed by atoms with Crippen molar-refractivity contribution >= 4 is 27.3 Å². The second-order valence-electron chi connectivity index (χ2n) is 1.78. The van der Waals surface area contributed by atoms with Gasteiger partial charge in [-0.2, -0.15) is 0 Å². The Kier molecular flexibility index (Phi) is 1.33. The van der Waals surface area contributed by atoms with E-state index in [1.807, 2.05) is 6.07 Å². The number of rotatable bonds is 0. The molecule has 1 aromatic rings. The van der Waals surface area contributed by atoms with E-state index in [9.17, 15) is 0 Å². The van der Waals surface area contributed by atoms with Gasteiger partial charge in [-0.05, 0) is 6.07 Å². The largest absolute Gasteiger partial charge is 0.226 e. The van der Waals surface area contributed by atoms with E-state index >= 15 is 0 Å². The Labute approximate surface area is 57.1 Å². The molecule has 1 aliphatic rings. The fraction of sp³-hybridized carbons (Fsp3) is 0. The van der Waals surface area contributed by atoms with Crippen LogP contribution >= 0.6 is 16.3 Å². The molecule has 0 atom stereocenters. The summed E-state index contributed by atoms with van der Waals surface area (Å²) in [6, 6.07) is 8.27. The predicted molar refractivity (Wildman–Crippen MR) is 42.0 cm³/mol. The van der Waals surface area contributed by atoms with Crippen LogP contribution in [0.3, 0.4) is 0 Å². The summed E-state index contributed by atoms with van der Waals surface area (Å²) in [4.78, 5) is 0. The van der Waals surface area contributed by atoms with Crippen molar-refractivity contribution < 1.29 is 0 Å². The van der Waals surface area contributed by atoms with E-state index in [1.54, 1.807) is 0 Å². The Balaban J connectivity index is 2.63. The van der Waals surface area contributed by atoms with Gasteiger partial charge in [0.25, 0.3) is 0 Å². The van der Waals surface area contributed by atoms with Crippen molar-refractivity contribution in [2.45, 2.75) is 0 Å². The van der Waals surface area contributed by atoms with Gasteiger partial charge in [-0.15, -0.1) is 0 Å². The Bertz CT molecular complexity index is 257. The molecule has 0 aromatic heterocycles. The topological polar surface area (TPSA) is 12.4 Å². The minimum absolute atomic E-state index is 1.17. The second-order valence-corrected chi connectivity index (χ2v) is 3.98. The highest BCUT2D eigenvalue weighted by molar-refractivity contribution is 8.11. The van der Waals surface area contributed by atoms with Crippen LogP contribution < -0.4 is 5.30 Å². The van der Waals surface area contributed by atoms with Crippen molar-refractivity contribution in [1.82, 2.24) is 0 Å². The summed E-state index contributed by atoms with van der Waals surface area (Å²) < 4.78 is 4.26. The normalized spacial score (nSPS) is 18.2. The summed E-state index contributed by atoms with van der Waals surface area (Å²) in [5.74, 6) is 0. The maximum absolute atomic E-state index is 4.26. The van der Waals surface area contributed by atoms with Gasteiger partial charge in [0.05, 0.1) is 5.69 Å². The van der Waals surface area contributed by atoms with E-state index in [2.05, 4.69) is 22.9 Å². The highest BCUT2D eigenvalue weighted by Gasteiger charge is 2.04. The second kappa shape index (κ2) is 2.17. The summed E-state index contributed by atoms with van der Waals surface area (Å²) >= 11 is 0. The van der Waals surface area contributed by atoms with Crippen LogP contribution in [0, 0.1) is 0 Å². The molecular weight excluding hydrogens is 148 g/mol. The smallest absolute Gasteiger partial charge is 0.0767 e. The first-order valence-corrected chi connectivity index (χ1v) is 5.12. The average Bonchev–Trinajstić information content (AvgIpc) is 2.33. The molecule has 0 amide bonds. The molecule has 0 unspecified atom stereocenters. The number of hydrogen-bond donors (Lipinski definition) is 0. The van der Waals surface area contributed by atoms with Crippen molar-refractivity contribution in [1.29, 1.82) is 0 Å². The zero-order valence-electron chi connectivity index (χ0n) is 4.65. The lowest BCUT2D eigenvalue weighted by molar-refractivity contribution is 1.62. The highest BCUT2D eigenvalue weighted by Crippen LogP contribution is 2.41. The molecule has 1 aromatic carbocycles. The van der Waals surface area contributed by atoms with Crippen LogP contribution in [0.5, 0.6) is 0 Å². The molecule has 0 fully saturated rings. The molecule has 3 heteroatoms. The van der Waals surface area contributed by atoms with Crippen LogP contribution in [0.4, 0.5) is 5.69 Å². The van der Waals surface area contributed by atoms with Crippen molar-refractivity contribution in [3.63, 3.8) is 0 Å². The Hall–Kier alpha value is -0.250. The summed E-state index contributed by atoms with van der Waals surface area (Å²) in [5, 5.41) is 1.36. The van der Waals surface area contributed by atoms with Gasteiger partial charge in [-0.3, -0.25) is 0 Å². The first-order chi connectivity index (χ1) is 4.47. The van der Waals surface area contributed by atoms with Gasteiger partial charge in [-0.25, -0.2) is 4.74 Å². The Morgan fingerprint density at radius 1 is 1.22 bits per heavy atom. The maximum Gasteiger partial charge on any atom is 0.0767 e. The lowest BCUT2D eigenvalue weighted by atomic mass is 10.3. The fourth-order valence-corrected chi connectivity index (χ4v) is 2.84. The molecule has 1 nitrogen and oxygen atoms in total. The first-order valence-electron chi connectivity index (χ1n) is 2.67. The molecule has 9 heavy (non-hydrogen) atoms. The van der Waals surface area contributed by atoms with Crippen LogP contribution in [-0.4, -0.2) is 0 Å². The van der Waals surface area contributed by atoms with E-state index in [4.69, 9.17) is 0 Å². The molecule has 0 aliphatic carbocycles. The van der Waals surface area contributed by atoms with Gasteiger partial charge < -0.3 is 0 Å². The van der Waals surface area contributed by atoms with E-state index in [0.29, 0.717) is 0 Å². The lowest BCUT2D eigenvalue weighted by Gasteiger charge is -1.89. The molecule has 1 heterocycles. The minimum Gasteiger partial charge on any atom is -0.226 e. The van der Waals surface area contributed by atoms with Crippen LogP contribution in [0.2, 0.25) is 0 Å². The molecule has 0 saturated heterocycles. The summed E-state index contributed by atoms with van der Waals surface area (Å²) in [6.45, 7) is 0. The SMILES string of the molecule is c1ccc2c(c1)N=P[P]2. The number of fused-ring (bicyclic) bond motifs is 1. The van der Waals surface area contributed by atoms with Crippen LogP contribution in [0.25, 0.3) is 0 Å². The predicted octanol–water partition coefficient (Wildman–Crippen LogP) is 2.95. The van der Waals surface area contributed by atoms with Crippen LogP contribution in [0.1, 0.15) is 0 Å². The van der Waals surface area contributed by atoms with Gasteiger partial charge in [0.15, 0.2) is 0 Å². The van der Waals surface area contributed by atoms with Gasteiger partial charge in [0, 0.05) is 21.6 Å². The molecule has 0 saturated carbocycles. The number of hydrogen-bond acceptors (Lipinski definition) is 1. The molecule has 1 aliphatic heterocycles. The number of nitrogens with zero attached hydrogens (tertiary/aromatic N) is 1. The maximum atomic E-state index is 4.26. The molecule has 0 bridgehead atoms. The van der Waals surface area contributed by atoms with E-state index in [1.165, 1.54) is 27.3 Å². The zero-order chi connectivity index (χ0) is 6.10. The molecule has 0 N–H and O–H groups in total. The molecule has 43 valence electrons. The van der Waals surface area contributed by atoms with Gasteiger partial charge >= 0.3 is 0 Å². The van der Waals surface area contributed by atoms with E-state index < -0.39 is 0 Å². The molecule has 0 spiro atoms. The fourth-order valence-electron chi connectivity index (χ4n) is 0.752. The van der Waals surface area contributed by atoms with Gasteiger partial charge in [0.2, 0.25) is 0 Å². The molecule has 2 rings (SSSR count). The zero-order valence-corrected chi connectivity index (χ0v) is 6.44. The summed E-state index contributed by atoms with van der Waals surface area (Å²) in [7, 11) is 2.50. The highest BCUT2D eigenvalue weighted by atomic mass is 32.0. The monoisotopic (exact) mass is 152 g/mol.